The molecular weight excluding hydrogens is 711 g/mol. The summed E-state index contributed by atoms with van der Waals surface area (Å²) in [5.41, 5.74) is 2.29. The Morgan fingerprint density at radius 2 is 1.20 bits per heavy atom. The largest absolute Gasteiger partial charge is 0.541 e. The molecule has 0 N–H and O–H groups in total. The lowest BCUT2D eigenvalue weighted by Gasteiger charge is -2.14. The molecule has 4 aromatic carbocycles. The molecule has 1 aliphatic rings. The summed E-state index contributed by atoms with van der Waals surface area (Å²) in [6.07, 6.45) is 2.23. The Bertz CT molecular complexity index is 3030. The van der Waals surface area contributed by atoms with Gasteiger partial charge in [0, 0.05) is 52.2 Å². The molecule has 17 heteroatoms. The smallest absolute Gasteiger partial charge is 0.486 e. The third kappa shape index (κ3) is 5.48. The molecule has 8 rings (SSSR count). The molecule has 6 bridgehead atoms. The molecule has 4 heterocycles. The average molecular weight is 739 g/mol. The Morgan fingerprint density at radius 1 is 0.627 bits per heavy atom. The van der Waals surface area contributed by atoms with Gasteiger partial charge in [0.15, 0.2) is 42.0 Å². The number of fused-ring (bicyclic) bond motifs is 15. The zero-order valence-electron chi connectivity index (χ0n) is 27.5. The van der Waals surface area contributed by atoms with E-state index in [0.29, 0.717) is 55.4 Å². The maximum Gasteiger partial charge on any atom is 0.486 e. The maximum absolute atomic E-state index is 12.8. The summed E-state index contributed by atoms with van der Waals surface area (Å²) in [4.78, 5) is 20.1. The first-order chi connectivity index (χ1) is 24.2. The van der Waals surface area contributed by atoms with Gasteiger partial charge in [0.25, 0.3) is 0 Å². The molecule has 3 aromatic heterocycles. The van der Waals surface area contributed by atoms with Crippen LogP contribution < -0.4 is 4.65 Å². The van der Waals surface area contributed by atoms with Gasteiger partial charge in [-0.1, -0.05) is 18.2 Å². The van der Waals surface area contributed by atoms with E-state index in [1.54, 1.807) is 53.2 Å². The number of hydrogen-bond donors (Lipinski definition) is 1. The first-order valence-electron chi connectivity index (χ1n) is 15.5. The number of aryl methyl sites for hydroxylation is 1. The van der Waals surface area contributed by atoms with E-state index in [-0.39, 0.29) is 32.0 Å². The highest BCUT2D eigenvalue weighted by molar-refractivity contribution is 7.91. The van der Waals surface area contributed by atoms with Gasteiger partial charge in [0.05, 0.1) is 20.4 Å². The molecular formula is C34H27BN6O7S3. The molecule has 0 spiro atoms. The number of rotatable bonds is 6. The summed E-state index contributed by atoms with van der Waals surface area (Å²) < 4.78 is 85.2. The van der Waals surface area contributed by atoms with Crippen molar-refractivity contribution in [2.24, 2.45) is 7.05 Å². The monoisotopic (exact) mass is 738 g/mol. The van der Waals surface area contributed by atoms with Gasteiger partial charge in [-0.15, -0.1) is 0 Å². The van der Waals surface area contributed by atoms with Gasteiger partial charge < -0.3 is 13.7 Å². The van der Waals surface area contributed by atoms with Crippen LogP contribution in [0.25, 0.3) is 66.9 Å². The van der Waals surface area contributed by atoms with E-state index >= 15 is 0 Å². The van der Waals surface area contributed by atoms with Crippen LogP contribution in [-0.2, 0) is 37.4 Å². The van der Waals surface area contributed by atoms with Crippen LogP contribution in [-0.4, -0.2) is 73.8 Å². The number of thiol groups is 1. The quantitative estimate of drug-likeness (QED) is 0.186. The van der Waals surface area contributed by atoms with Crippen LogP contribution in [0, 0.1) is 0 Å². The van der Waals surface area contributed by atoms with E-state index in [9.17, 15) is 25.3 Å². The summed E-state index contributed by atoms with van der Waals surface area (Å²) in [5, 5.41) is 2.02. The van der Waals surface area contributed by atoms with Gasteiger partial charge in [-0.2, -0.15) is 0 Å². The average Bonchev–Trinajstić information content (AvgIpc) is 3.67. The third-order valence-electron chi connectivity index (χ3n) is 8.85. The van der Waals surface area contributed by atoms with Crippen molar-refractivity contribution in [1.29, 1.82) is 0 Å². The van der Waals surface area contributed by atoms with E-state index in [2.05, 4.69) is 0 Å². The van der Waals surface area contributed by atoms with Gasteiger partial charge in [-0.05, 0) is 73.6 Å². The Labute approximate surface area is 293 Å². The predicted octanol–water partition coefficient (Wildman–Crippen LogP) is 4.61. The molecule has 256 valence electrons. The molecule has 51 heavy (non-hydrogen) atoms. The van der Waals surface area contributed by atoms with Crippen molar-refractivity contribution < 1.29 is 29.9 Å². The molecule has 13 nitrogen and oxygen atoms in total. The van der Waals surface area contributed by atoms with Crippen LogP contribution in [0.5, 0.6) is 5.75 Å². The van der Waals surface area contributed by atoms with E-state index in [1.807, 2.05) is 18.2 Å². The Hall–Kier alpha value is -5.39. The van der Waals surface area contributed by atoms with E-state index in [0.717, 1.165) is 12.5 Å². The highest BCUT2D eigenvalue weighted by atomic mass is 32.2. The zero-order valence-corrected chi connectivity index (χ0v) is 30.0. The fourth-order valence-electron chi connectivity index (χ4n) is 6.40. The zero-order chi connectivity index (χ0) is 36.0. The van der Waals surface area contributed by atoms with Crippen molar-refractivity contribution in [3.63, 3.8) is 0 Å². The maximum atomic E-state index is 12.8. The number of aromatic nitrogens is 6. The topological polar surface area (TPSA) is 173 Å². The molecule has 0 atom stereocenters. The third-order valence-corrected chi connectivity index (χ3v) is 11.8. The summed E-state index contributed by atoms with van der Waals surface area (Å²) in [7, 11) is -9.26. The van der Waals surface area contributed by atoms with Crippen molar-refractivity contribution in [3.8, 4) is 28.5 Å². The summed E-state index contributed by atoms with van der Waals surface area (Å²) in [6.45, 7) is 1.80. The molecule has 0 saturated heterocycles. The molecule has 0 fully saturated rings. The van der Waals surface area contributed by atoms with Crippen LogP contribution in [0.4, 0.5) is 0 Å². The molecule has 1 aliphatic heterocycles. The molecule has 0 unspecified atom stereocenters. The number of benzene rings is 4. The molecule has 0 amide bonds. The van der Waals surface area contributed by atoms with Crippen molar-refractivity contribution in [2.75, 3.05) is 12.5 Å². The standard InChI is InChI=1S/C34H27BN6O7S3/c1-35(48-19-8-6-5-7-9-19)41-33-25-15-12-22(51(4,46)47)18-28(25)34(41)38-29-23-14-11-21(50(3,44)45)17-26(23)30(36-29)37-31-24-13-10-20(49(42)43)16-27(24)32(39-33)40(31)2/h5-18,49H,1-4H3. The summed E-state index contributed by atoms with van der Waals surface area (Å²) in [5.74, 6) is 0.938. The van der Waals surface area contributed by atoms with Gasteiger partial charge in [0.1, 0.15) is 22.6 Å². The Kier molecular flexibility index (Phi) is 7.45. The SMILES string of the molecule is CB(Oc1ccccc1)n1c2nc3nc(nc4c5ccc([SH](=O)=O)cc5c(nc1c1ccc(S(C)(=O)=O)cc12)n4C)-c1cc(S(C)(=O)=O)ccc1-3. The molecule has 0 aliphatic carbocycles. The molecule has 7 aromatic rings. The number of sulfone groups is 2. The van der Waals surface area contributed by atoms with E-state index in [4.69, 9.17) is 24.6 Å². The normalized spacial score (nSPS) is 12.6. The van der Waals surface area contributed by atoms with Crippen LogP contribution in [0.15, 0.2) is 99.6 Å². The van der Waals surface area contributed by atoms with Crippen molar-refractivity contribution in [2.45, 2.75) is 21.5 Å². The second kappa shape index (κ2) is 11.6. The fraction of sp³-hybridized carbons (Fsp3) is 0.118. The Morgan fingerprint density at radius 3 is 1.90 bits per heavy atom. The van der Waals surface area contributed by atoms with Gasteiger partial charge >= 0.3 is 7.05 Å². The van der Waals surface area contributed by atoms with Crippen LogP contribution in [0.2, 0.25) is 6.82 Å². The minimum absolute atomic E-state index is 0.0559. The molecule has 0 radical (unpaired) electrons. The van der Waals surface area contributed by atoms with Crippen LogP contribution in [0.1, 0.15) is 0 Å². The number of para-hydroxylation sites is 1. The van der Waals surface area contributed by atoms with Crippen molar-refractivity contribution in [3.05, 3.63) is 84.9 Å². The summed E-state index contributed by atoms with van der Waals surface area (Å²) in [6, 6.07) is 23.1. The highest BCUT2D eigenvalue weighted by Crippen LogP contribution is 2.38. The number of hydrogen-bond acceptors (Lipinski definition) is 11. The summed E-state index contributed by atoms with van der Waals surface area (Å²) >= 11 is 0. The lowest BCUT2D eigenvalue weighted by molar-refractivity contribution is 0.564. The van der Waals surface area contributed by atoms with Crippen LogP contribution in [0.3, 0.4) is 0 Å². The lowest BCUT2D eigenvalue weighted by atomic mass is 9.86. The number of nitrogens with zero attached hydrogens (tertiary/aromatic N) is 6. The minimum atomic E-state index is -3.66. The van der Waals surface area contributed by atoms with E-state index in [1.165, 1.54) is 36.4 Å². The van der Waals surface area contributed by atoms with Crippen molar-refractivity contribution >= 4 is 81.6 Å². The van der Waals surface area contributed by atoms with Gasteiger partial charge in [0.2, 0.25) is 0 Å². The second-order valence-electron chi connectivity index (χ2n) is 12.3. The van der Waals surface area contributed by atoms with Crippen molar-refractivity contribution in [1.82, 2.24) is 29.0 Å². The highest BCUT2D eigenvalue weighted by Gasteiger charge is 2.28. The van der Waals surface area contributed by atoms with E-state index < -0.39 is 37.4 Å². The Balaban J connectivity index is 1.63. The first kappa shape index (κ1) is 32.8. The predicted molar refractivity (Wildman–Crippen MR) is 196 cm³/mol. The molecule has 0 saturated carbocycles. The minimum Gasteiger partial charge on any atom is -0.541 e. The second-order valence-corrected chi connectivity index (χ2v) is 17.4. The fourth-order valence-corrected chi connectivity index (χ4v) is 8.12. The van der Waals surface area contributed by atoms with Crippen LogP contribution >= 0.6 is 0 Å². The van der Waals surface area contributed by atoms with Gasteiger partial charge in [-0.25, -0.2) is 45.2 Å². The van der Waals surface area contributed by atoms with Gasteiger partial charge in [-0.3, -0.25) is 0 Å². The lowest BCUT2D eigenvalue weighted by Crippen LogP contribution is -2.28. The first-order valence-corrected chi connectivity index (χ1v) is 20.5.